The average Bonchev–Trinajstić information content (AvgIpc) is 2.61. The highest BCUT2D eigenvalue weighted by Crippen LogP contribution is 2.34. The molecule has 3 aromatic carbocycles. The van der Waals surface area contributed by atoms with E-state index >= 15 is 0 Å². The molecule has 0 saturated carbocycles. The predicted octanol–water partition coefficient (Wildman–Crippen LogP) is 4.78. The van der Waals surface area contributed by atoms with E-state index in [2.05, 4.69) is 31.2 Å². The molecule has 3 nitrogen and oxygen atoms in total. The fraction of sp³-hybridized carbons (Fsp3) is 0.0952. The van der Waals surface area contributed by atoms with E-state index in [0.717, 1.165) is 38.7 Å². The van der Waals surface area contributed by atoms with E-state index in [1.165, 1.54) is 0 Å². The SMILES string of the molecule is Cc1cc(N(CO)c2ccccc2)c2cc3ccccc3nc2c1. The van der Waals surface area contributed by atoms with Crippen molar-refractivity contribution in [3.63, 3.8) is 0 Å². The van der Waals surface area contributed by atoms with Gasteiger partial charge < -0.3 is 10.0 Å². The molecule has 1 aromatic heterocycles. The lowest BCUT2D eigenvalue weighted by Crippen LogP contribution is -2.18. The number of para-hydroxylation sites is 2. The molecule has 0 atom stereocenters. The minimum absolute atomic E-state index is 0.0879. The summed E-state index contributed by atoms with van der Waals surface area (Å²) in [5.74, 6) is 0. The van der Waals surface area contributed by atoms with Gasteiger partial charge in [0.2, 0.25) is 0 Å². The number of anilines is 2. The molecular weight excluding hydrogens is 296 g/mol. The van der Waals surface area contributed by atoms with Crippen molar-refractivity contribution in [1.29, 1.82) is 0 Å². The maximum atomic E-state index is 10.0. The molecule has 24 heavy (non-hydrogen) atoms. The van der Waals surface area contributed by atoms with Gasteiger partial charge in [0.15, 0.2) is 0 Å². The van der Waals surface area contributed by atoms with E-state index in [9.17, 15) is 5.11 Å². The molecule has 0 unspecified atom stereocenters. The van der Waals surface area contributed by atoms with Gasteiger partial charge in [-0.15, -0.1) is 0 Å². The molecule has 0 aliphatic heterocycles. The molecular formula is C21H18N2O. The second-order valence-corrected chi connectivity index (χ2v) is 5.94. The number of pyridine rings is 1. The average molecular weight is 314 g/mol. The van der Waals surface area contributed by atoms with E-state index in [1.807, 2.05) is 53.4 Å². The number of aliphatic hydroxyl groups is 1. The van der Waals surface area contributed by atoms with Gasteiger partial charge in [-0.2, -0.15) is 0 Å². The number of hydrogen-bond acceptors (Lipinski definition) is 3. The Labute approximate surface area is 140 Å². The molecule has 3 heteroatoms. The lowest BCUT2D eigenvalue weighted by Gasteiger charge is -2.24. The summed E-state index contributed by atoms with van der Waals surface area (Å²) < 4.78 is 0. The topological polar surface area (TPSA) is 36.4 Å². The van der Waals surface area contributed by atoms with E-state index in [1.54, 1.807) is 0 Å². The van der Waals surface area contributed by atoms with Crippen LogP contribution in [0.4, 0.5) is 11.4 Å². The maximum absolute atomic E-state index is 10.0. The number of benzene rings is 3. The van der Waals surface area contributed by atoms with E-state index in [-0.39, 0.29) is 6.73 Å². The first-order valence-electron chi connectivity index (χ1n) is 8.00. The van der Waals surface area contributed by atoms with Gasteiger partial charge in [0.1, 0.15) is 6.73 Å². The van der Waals surface area contributed by atoms with Crippen LogP contribution in [0.3, 0.4) is 0 Å². The molecule has 4 rings (SSSR count). The Hall–Kier alpha value is -2.91. The molecule has 4 aromatic rings. The van der Waals surface area contributed by atoms with E-state index in [0.29, 0.717) is 0 Å². The van der Waals surface area contributed by atoms with Gasteiger partial charge in [0.05, 0.1) is 16.7 Å². The number of aromatic nitrogens is 1. The quantitative estimate of drug-likeness (QED) is 0.436. The van der Waals surface area contributed by atoms with Crippen LogP contribution in [0.5, 0.6) is 0 Å². The third-order valence-corrected chi connectivity index (χ3v) is 4.26. The van der Waals surface area contributed by atoms with Gasteiger partial charge in [-0.25, -0.2) is 4.98 Å². The highest BCUT2D eigenvalue weighted by Gasteiger charge is 2.13. The van der Waals surface area contributed by atoms with Gasteiger partial charge in [0, 0.05) is 16.5 Å². The third-order valence-electron chi connectivity index (χ3n) is 4.26. The first kappa shape index (κ1) is 14.7. The molecule has 0 bridgehead atoms. The Morgan fingerprint density at radius 1 is 0.875 bits per heavy atom. The summed E-state index contributed by atoms with van der Waals surface area (Å²) >= 11 is 0. The summed E-state index contributed by atoms with van der Waals surface area (Å²) in [5, 5.41) is 12.1. The van der Waals surface area contributed by atoms with Crippen molar-refractivity contribution in [1.82, 2.24) is 4.98 Å². The van der Waals surface area contributed by atoms with Gasteiger partial charge in [0.25, 0.3) is 0 Å². The predicted molar refractivity (Wildman–Crippen MR) is 99.7 cm³/mol. The first-order chi connectivity index (χ1) is 11.8. The fourth-order valence-corrected chi connectivity index (χ4v) is 3.12. The van der Waals surface area contributed by atoms with Crippen LogP contribution in [-0.2, 0) is 0 Å². The first-order valence-corrected chi connectivity index (χ1v) is 8.00. The van der Waals surface area contributed by atoms with Crippen LogP contribution in [0.1, 0.15) is 5.56 Å². The highest BCUT2D eigenvalue weighted by atomic mass is 16.3. The van der Waals surface area contributed by atoms with Gasteiger partial charge in [-0.1, -0.05) is 36.4 Å². The summed E-state index contributed by atoms with van der Waals surface area (Å²) in [6.45, 7) is 1.97. The van der Waals surface area contributed by atoms with Crippen LogP contribution >= 0.6 is 0 Å². The van der Waals surface area contributed by atoms with Crippen molar-refractivity contribution in [3.8, 4) is 0 Å². The number of aliphatic hydroxyl groups excluding tert-OH is 1. The maximum Gasteiger partial charge on any atom is 0.120 e. The summed E-state index contributed by atoms with van der Waals surface area (Å²) in [4.78, 5) is 6.71. The second kappa shape index (κ2) is 5.95. The number of hydrogen-bond donors (Lipinski definition) is 1. The number of nitrogens with zero attached hydrogens (tertiary/aromatic N) is 2. The zero-order valence-corrected chi connectivity index (χ0v) is 13.5. The van der Waals surface area contributed by atoms with Crippen molar-refractivity contribution in [3.05, 3.63) is 78.4 Å². The van der Waals surface area contributed by atoms with Crippen molar-refractivity contribution in [2.45, 2.75) is 6.92 Å². The van der Waals surface area contributed by atoms with Crippen LogP contribution in [0.15, 0.2) is 72.8 Å². The Kier molecular flexibility index (Phi) is 3.63. The van der Waals surface area contributed by atoms with Crippen LogP contribution in [0.2, 0.25) is 0 Å². The molecule has 1 heterocycles. The summed E-state index contributed by atoms with van der Waals surface area (Å²) in [6, 6.07) is 24.4. The summed E-state index contributed by atoms with van der Waals surface area (Å²) in [6.07, 6.45) is 0. The zero-order valence-electron chi connectivity index (χ0n) is 13.5. The third kappa shape index (κ3) is 2.49. The van der Waals surface area contributed by atoms with Gasteiger partial charge in [-0.3, -0.25) is 0 Å². The van der Waals surface area contributed by atoms with Gasteiger partial charge >= 0.3 is 0 Å². The Morgan fingerprint density at radius 3 is 2.42 bits per heavy atom. The molecule has 0 fully saturated rings. The second-order valence-electron chi connectivity index (χ2n) is 5.94. The van der Waals surface area contributed by atoms with E-state index in [4.69, 9.17) is 4.98 Å². The zero-order chi connectivity index (χ0) is 16.5. The molecule has 118 valence electrons. The van der Waals surface area contributed by atoms with Crippen molar-refractivity contribution >= 4 is 33.2 Å². The number of fused-ring (bicyclic) bond motifs is 2. The molecule has 0 aliphatic carbocycles. The number of aryl methyl sites for hydroxylation is 1. The Morgan fingerprint density at radius 2 is 1.62 bits per heavy atom. The van der Waals surface area contributed by atoms with Crippen LogP contribution in [-0.4, -0.2) is 16.8 Å². The largest absolute Gasteiger partial charge is 0.376 e. The summed E-state index contributed by atoms with van der Waals surface area (Å²) in [5.41, 5.74) is 4.97. The van der Waals surface area contributed by atoms with Crippen molar-refractivity contribution < 1.29 is 5.11 Å². The highest BCUT2D eigenvalue weighted by molar-refractivity contribution is 6.01. The summed E-state index contributed by atoms with van der Waals surface area (Å²) in [7, 11) is 0. The normalized spacial score (nSPS) is 11.1. The fourth-order valence-electron chi connectivity index (χ4n) is 3.12. The smallest absolute Gasteiger partial charge is 0.120 e. The minimum atomic E-state index is -0.0879. The molecule has 0 amide bonds. The minimum Gasteiger partial charge on any atom is -0.376 e. The molecule has 0 saturated heterocycles. The van der Waals surface area contributed by atoms with Crippen molar-refractivity contribution in [2.24, 2.45) is 0 Å². The molecule has 0 radical (unpaired) electrons. The lowest BCUT2D eigenvalue weighted by molar-refractivity contribution is 0.305. The van der Waals surface area contributed by atoms with Gasteiger partial charge in [-0.05, 0) is 48.9 Å². The number of rotatable bonds is 3. The molecule has 0 spiro atoms. The molecule has 0 aliphatic rings. The van der Waals surface area contributed by atoms with Crippen LogP contribution in [0.25, 0.3) is 21.8 Å². The Balaban J connectivity index is 2.01. The monoisotopic (exact) mass is 314 g/mol. The molecule has 1 N–H and O–H groups in total. The van der Waals surface area contributed by atoms with Crippen LogP contribution in [0, 0.1) is 6.92 Å². The van der Waals surface area contributed by atoms with Crippen molar-refractivity contribution in [2.75, 3.05) is 11.6 Å². The van der Waals surface area contributed by atoms with Crippen LogP contribution < -0.4 is 4.90 Å². The Bertz CT molecular complexity index is 1010. The van der Waals surface area contributed by atoms with E-state index < -0.39 is 0 Å². The lowest BCUT2D eigenvalue weighted by atomic mass is 10.1. The standard InChI is InChI=1S/C21H18N2O/c1-15-11-20-18(13-16-7-5-6-10-19(16)22-20)21(12-15)23(14-24)17-8-3-2-4-9-17/h2-13,24H,14H2,1H3.